The van der Waals surface area contributed by atoms with Crippen molar-refractivity contribution in [2.45, 2.75) is 4.90 Å². The first-order chi connectivity index (χ1) is 11.8. The number of nitrogens with zero attached hydrogens (tertiary/aromatic N) is 1. The van der Waals surface area contributed by atoms with Crippen LogP contribution in [-0.2, 0) is 10.1 Å². The Labute approximate surface area is 153 Å². The van der Waals surface area contributed by atoms with Gasteiger partial charge in [0.15, 0.2) is 0 Å². The predicted molar refractivity (Wildman–Crippen MR) is 98.2 cm³/mol. The molecule has 1 aliphatic rings. The first-order valence-electron chi connectivity index (χ1n) is 7.17. The third kappa shape index (κ3) is 2.77. The molecule has 8 heteroatoms. The molecule has 0 aliphatic carbocycles. The van der Waals surface area contributed by atoms with Gasteiger partial charge >= 0.3 is 0 Å². The molecule has 0 spiro atoms. The van der Waals surface area contributed by atoms with Gasteiger partial charge in [0.1, 0.15) is 16.0 Å². The van der Waals surface area contributed by atoms with E-state index in [1.165, 1.54) is 12.1 Å². The first kappa shape index (κ1) is 16.4. The molecule has 4 rings (SSSR count). The molecule has 1 N–H and O–H groups in total. The fourth-order valence-electron chi connectivity index (χ4n) is 2.83. The van der Waals surface area contributed by atoms with Gasteiger partial charge in [-0.05, 0) is 36.4 Å². The molecule has 3 aromatic carbocycles. The normalized spacial score (nSPS) is 13.5. The highest BCUT2D eigenvalue weighted by molar-refractivity contribution is 7.86. The van der Waals surface area contributed by atoms with E-state index in [0.29, 0.717) is 38.0 Å². The fraction of sp³-hybridized carbons (Fsp3) is 0. The Hall–Kier alpha value is -2.12. The van der Waals surface area contributed by atoms with Gasteiger partial charge in [-0.3, -0.25) is 0 Å². The maximum absolute atomic E-state index is 11.5. The smallest absolute Gasteiger partial charge is 0.138 e. The highest BCUT2D eigenvalue weighted by Crippen LogP contribution is 2.39. The molecule has 0 aromatic heterocycles. The Morgan fingerprint density at radius 2 is 1.80 bits per heavy atom. The molecule has 25 heavy (non-hydrogen) atoms. The number of hydrogen-bond donors (Lipinski definition) is 1. The summed E-state index contributed by atoms with van der Waals surface area (Å²) in [5, 5.41) is 4.93. The average Bonchev–Trinajstić information content (AvgIpc) is 2.56. The Balaban J connectivity index is 1.95. The summed E-state index contributed by atoms with van der Waals surface area (Å²) >= 11 is 12.0. The molecule has 0 saturated heterocycles. The van der Waals surface area contributed by atoms with Crippen LogP contribution in [0, 0.1) is 0 Å². The maximum Gasteiger partial charge on any atom is 0.138 e. The van der Waals surface area contributed by atoms with Gasteiger partial charge in [0.2, 0.25) is 0 Å². The van der Waals surface area contributed by atoms with E-state index >= 15 is 0 Å². The van der Waals surface area contributed by atoms with Crippen molar-refractivity contribution in [1.82, 2.24) is 0 Å². The zero-order chi connectivity index (χ0) is 17.8. The number of hydrogen-bond acceptors (Lipinski definition) is 5. The molecule has 0 atom stereocenters. The van der Waals surface area contributed by atoms with Crippen molar-refractivity contribution in [3.63, 3.8) is 0 Å². The lowest BCUT2D eigenvalue weighted by atomic mass is 10.0. The van der Waals surface area contributed by atoms with Crippen molar-refractivity contribution in [2.24, 2.45) is 4.99 Å². The summed E-state index contributed by atoms with van der Waals surface area (Å²) in [5.41, 5.74) is 1.96. The Bertz CT molecular complexity index is 1170. The molecule has 3 aromatic rings. The molecule has 5 nitrogen and oxygen atoms in total. The second kappa shape index (κ2) is 5.71. The molecule has 0 saturated carbocycles. The summed E-state index contributed by atoms with van der Waals surface area (Å²) in [4.78, 5) is 4.27. The topological polar surface area (TPSA) is 81.6 Å². The van der Waals surface area contributed by atoms with E-state index in [2.05, 4.69) is 10.3 Å². The highest BCUT2D eigenvalue weighted by Gasteiger charge is 2.19. The highest BCUT2D eigenvalue weighted by atomic mass is 35.5. The van der Waals surface area contributed by atoms with Crippen LogP contribution in [0.25, 0.3) is 10.8 Å². The first-order valence-corrected chi connectivity index (χ1v) is 9.34. The van der Waals surface area contributed by atoms with E-state index in [-0.39, 0.29) is 4.90 Å². The minimum atomic E-state index is -4.58. The molecular formula is C17H9Cl2N2O3S-. The molecule has 0 amide bonds. The third-order valence-electron chi connectivity index (χ3n) is 3.93. The zero-order valence-electron chi connectivity index (χ0n) is 12.5. The predicted octanol–water partition coefficient (Wildman–Crippen LogP) is 4.55. The lowest BCUT2D eigenvalue weighted by molar-refractivity contribution is 0.464. The standard InChI is InChI=1S/C17H10Cl2N2O3S/c18-11-5-4-9(8-12(11)19)17-20-13-3-1-2-10-15(25(22,23)24)7-6-14(21-17)16(10)13/h1-8H,(H,20,21)(H,22,23,24)/p-1. The van der Waals surface area contributed by atoms with Crippen molar-refractivity contribution in [3.05, 3.63) is 64.1 Å². The SMILES string of the molecule is O=S(=O)([O-])c1ccc2c3c(cccc13)NC(c1ccc(Cl)c(Cl)c1)=N2. The zero-order valence-corrected chi connectivity index (χ0v) is 14.8. The summed E-state index contributed by atoms with van der Waals surface area (Å²) in [7, 11) is -4.58. The van der Waals surface area contributed by atoms with Crippen molar-refractivity contribution in [1.29, 1.82) is 0 Å². The van der Waals surface area contributed by atoms with E-state index < -0.39 is 10.1 Å². The number of aliphatic imine (C=N–C) groups is 1. The van der Waals surface area contributed by atoms with Crippen LogP contribution in [0.5, 0.6) is 0 Å². The summed E-state index contributed by atoms with van der Waals surface area (Å²) in [5.74, 6) is 0.552. The van der Waals surface area contributed by atoms with Crippen LogP contribution in [0.1, 0.15) is 5.56 Å². The molecule has 0 bridgehead atoms. The van der Waals surface area contributed by atoms with Gasteiger partial charge in [0.05, 0.1) is 20.6 Å². The number of amidine groups is 1. The van der Waals surface area contributed by atoms with Gasteiger partial charge in [-0.1, -0.05) is 35.3 Å². The molecule has 1 heterocycles. The quantitative estimate of drug-likeness (QED) is 0.649. The van der Waals surface area contributed by atoms with Gasteiger partial charge in [-0.2, -0.15) is 0 Å². The second-order valence-electron chi connectivity index (χ2n) is 5.48. The minimum absolute atomic E-state index is 0.261. The number of anilines is 1. The summed E-state index contributed by atoms with van der Waals surface area (Å²) in [6, 6.07) is 13.0. The minimum Gasteiger partial charge on any atom is -0.744 e. The van der Waals surface area contributed by atoms with Gasteiger partial charge in [0, 0.05) is 22.0 Å². The van der Waals surface area contributed by atoms with Gasteiger partial charge in [0.25, 0.3) is 0 Å². The summed E-state index contributed by atoms with van der Waals surface area (Å²) < 4.78 is 34.5. The van der Waals surface area contributed by atoms with Crippen LogP contribution in [0.3, 0.4) is 0 Å². The number of benzene rings is 3. The lowest BCUT2D eigenvalue weighted by Gasteiger charge is -2.21. The van der Waals surface area contributed by atoms with Crippen LogP contribution in [0.2, 0.25) is 10.0 Å². The van der Waals surface area contributed by atoms with Gasteiger partial charge in [-0.25, -0.2) is 13.4 Å². The Morgan fingerprint density at radius 3 is 2.52 bits per heavy atom. The monoisotopic (exact) mass is 391 g/mol. The van der Waals surface area contributed by atoms with Crippen LogP contribution < -0.4 is 5.32 Å². The largest absolute Gasteiger partial charge is 0.744 e. The van der Waals surface area contributed by atoms with Crippen molar-refractivity contribution in [3.8, 4) is 0 Å². The van der Waals surface area contributed by atoms with E-state index in [4.69, 9.17) is 23.2 Å². The summed E-state index contributed by atoms with van der Waals surface area (Å²) in [6.07, 6.45) is 0. The fourth-order valence-corrected chi connectivity index (χ4v) is 3.81. The number of rotatable bonds is 2. The van der Waals surface area contributed by atoms with Crippen molar-refractivity contribution < 1.29 is 13.0 Å². The van der Waals surface area contributed by atoms with Crippen molar-refractivity contribution >= 4 is 61.3 Å². The molecule has 0 radical (unpaired) electrons. The average molecular weight is 392 g/mol. The van der Waals surface area contributed by atoms with E-state index in [1.54, 1.807) is 36.4 Å². The van der Waals surface area contributed by atoms with E-state index in [9.17, 15) is 13.0 Å². The molecule has 1 aliphatic heterocycles. The summed E-state index contributed by atoms with van der Waals surface area (Å²) in [6.45, 7) is 0. The number of nitrogens with one attached hydrogen (secondary N) is 1. The van der Waals surface area contributed by atoms with E-state index in [0.717, 1.165) is 5.56 Å². The maximum atomic E-state index is 11.5. The van der Waals surface area contributed by atoms with Gasteiger partial charge < -0.3 is 9.87 Å². The van der Waals surface area contributed by atoms with Crippen LogP contribution >= 0.6 is 23.2 Å². The third-order valence-corrected chi connectivity index (χ3v) is 5.56. The van der Waals surface area contributed by atoms with Crippen LogP contribution in [-0.4, -0.2) is 18.8 Å². The van der Waals surface area contributed by atoms with Crippen LogP contribution in [0.4, 0.5) is 11.4 Å². The van der Waals surface area contributed by atoms with E-state index in [1.807, 2.05) is 0 Å². The van der Waals surface area contributed by atoms with Gasteiger partial charge in [-0.15, -0.1) is 0 Å². The lowest BCUT2D eigenvalue weighted by Crippen LogP contribution is -2.16. The molecule has 0 fully saturated rings. The molecule has 0 unspecified atom stereocenters. The number of halogens is 2. The molecular weight excluding hydrogens is 383 g/mol. The van der Waals surface area contributed by atoms with Crippen LogP contribution in [0.15, 0.2) is 58.4 Å². The molecule has 126 valence electrons. The second-order valence-corrected chi connectivity index (χ2v) is 7.64. The van der Waals surface area contributed by atoms with Crippen molar-refractivity contribution in [2.75, 3.05) is 5.32 Å². The Kier molecular flexibility index (Phi) is 3.73. The Morgan fingerprint density at radius 1 is 1.00 bits per heavy atom.